The zero-order chi connectivity index (χ0) is 14.9. The number of ether oxygens (including phenoxy) is 1. The maximum atomic E-state index is 11.9. The van der Waals surface area contributed by atoms with Crippen molar-refractivity contribution < 1.29 is 9.15 Å². The molecule has 0 bridgehead atoms. The Morgan fingerprint density at radius 3 is 2.64 bits per heavy atom. The van der Waals surface area contributed by atoms with Crippen LogP contribution in [-0.4, -0.2) is 14.8 Å². The Morgan fingerprint density at radius 2 is 1.82 bits per heavy atom. The van der Waals surface area contributed by atoms with Gasteiger partial charge in [-0.15, -0.1) is 4.68 Å². The van der Waals surface area contributed by atoms with E-state index in [1.165, 1.54) is 11.3 Å². The van der Waals surface area contributed by atoms with Gasteiger partial charge in [-0.2, -0.15) is 0 Å². The molecule has 6 nitrogen and oxygen atoms in total. The molecule has 0 N–H and O–H groups in total. The van der Waals surface area contributed by atoms with Gasteiger partial charge >= 0.3 is 11.8 Å². The average molecular weight is 311 g/mol. The summed E-state index contributed by atoms with van der Waals surface area (Å²) < 4.78 is 12.5. The van der Waals surface area contributed by atoms with E-state index in [1.54, 1.807) is 12.1 Å². The highest BCUT2D eigenvalue weighted by Crippen LogP contribution is 2.24. The maximum Gasteiger partial charge on any atom is 0.446 e. The maximum absolute atomic E-state index is 11.9. The van der Waals surface area contributed by atoms with Gasteiger partial charge in [-0.25, -0.2) is 9.78 Å². The van der Waals surface area contributed by atoms with Crippen LogP contribution < -0.4 is 10.5 Å². The number of para-hydroxylation sites is 2. The number of hydrogen-bond acceptors (Lipinski definition) is 6. The van der Waals surface area contributed by atoms with Gasteiger partial charge < -0.3 is 9.15 Å². The van der Waals surface area contributed by atoms with Crippen molar-refractivity contribution >= 4 is 21.6 Å². The molecule has 0 saturated heterocycles. The second kappa shape index (κ2) is 5.12. The van der Waals surface area contributed by atoms with Gasteiger partial charge in [-0.1, -0.05) is 46.8 Å². The first-order valence-corrected chi connectivity index (χ1v) is 7.30. The molecule has 22 heavy (non-hydrogen) atoms. The van der Waals surface area contributed by atoms with E-state index < -0.39 is 5.76 Å². The lowest BCUT2D eigenvalue weighted by Gasteiger charge is -1.97. The first kappa shape index (κ1) is 12.8. The Labute approximate surface area is 128 Å². The average Bonchev–Trinajstić information content (AvgIpc) is 3.11. The molecule has 0 amide bonds. The second-order valence-corrected chi connectivity index (χ2v) is 5.43. The van der Waals surface area contributed by atoms with Crippen molar-refractivity contribution in [3.63, 3.8) is 0 Å². The van der Waals surface area contributed by atoms with Gasteiger partial charge in [0.1, 0.15) is 5.75 Å². The first-order valence-electron chi connectivity index (χ1n) is 6.48. The third-order valence-electron chi connectivity index (χ3n) is 2.94. The fourth-order valence-electron chi connectivity index (χ4n) is 1.96. The molecule has 2 aromatic carbocycles. The largest absolute Gasteiger partial charge is 0.446 e. The summed E-state index contributed by atoms with van der Waals surface area (Å²) in [5.74, 6) is -0.0924. The van der Waals surface area contributed by atoms with Crippen LogP contribution in [0.4, 0.5) is 0 Å². The quantitative estimate of drug-likeness (QED) is 0.581. The predicted octanol–water partition coefficient (Wildman–Crippen LogP) is 3.23. The summed E-state index contributed by atoms with van der Waals surface area (Å²) in [6, 6.07) is 16.6. The van der Waals surface area contributed by atoms with Gasteiger partial charge in [0, 0.05) is 0 Å². The summed E-state index contributed by atoms with van der Waals surface area (Å²) >= 11 is 1.36. The Balaban J connectivity index is 1.72. The molecule has 2 aromatic heterocycles. The van der Waals surface area contributed by atoms with E-state index >= 15 is 0 Å². The van der Waals surface area contributed by atoms with Crippen molar-refractivity contribution in [2.45, 2.75) is 0 Å². The predicted molar refractivity (Wildman–Crippen MR) is 81.8 cm³/mol. The summed E-state index contributed by atoms with van der Waals surface area (Å²) in [5.41, 5.74) is 0.808. The lowest BCUT2D eigenvalue weighted by molar-refractivity contribution is 0.320. The topological polar surface area (TPSA) is 70.2 Å². The third-order valence-corrected chi connectivity index (χ3v) is 3.95. The molecular formula is C15H9N3O3S. The fourth-order valence-corrected chi connectivity index (χ4v) is 2.87. The van der Waals surface area contributed by atoms with Crippen molar-refractivity contribution in [3.8, 4) is 17.0 Å². The molecule has 0 saturated carbocycles. The van der Waals surface area contributed by atoms with E-state index in [-0.39, 0.29) is 6.08 Å². The van der Waals surface area contributed by atoms with Crippen LogP contribution in [0.1, 0.15) is 0 Å². The Kier molecular flexibility index (Phi) is 2.97. The lowest BCUT2D eigenvalue weighted by atomic mass is 10.3. The molecular weight excluding hydrogens is 302 g/mol. The van der Waals surface area contributed by atoms with Crippen molar-refractivity contribution in [2.24, 2.45) is 0 Å². The molecule has 0 aliphatic carbocycles. The normalized spacial score (nSPS) is 10.9. The molecule has 0 fully saturated rings. The summed E-state index contributed by atoms with van der Waals surface area (Å²) in [4.78, 5) is 16.3. The van der Waals surface area contributed by atoms with Gasteiger partial charge in [-0.3, -0.25) is 0 Å². The number of rotatable bonds is 3. The monoisotopic (exact) mass is 311 g/mol. The van der Waals surface area contributed by atoms with E-state index in [1.807, 2.05) is 42.5 Å². The number of nitrogens with zero attached hydrogens (tertiary/aromatic N) is 3. The molecule has 108 valence electrons. The molecule has 0 atom stereocenters. The van der Waals surface area contributed by atoms with Gasteiger partial charge in [0.15, 0.2) is 0 Å². The molecule has 2 heterocycles. The Bertz CT molecular complexity index is 955. The highest BCUT2D eigenvalue weighted by molar-refractivity contribution is 7.20. The Morgan fingerprint density at radius 1 is 1.05 bits per heavy atom. The van der Waals surface area contributed by atoms with E-state index in [0.717, 1.165) is 14.9 Å². The van der Waals surface area contributed by atoms with Crippen LogP contribution in [0.2, 0.25) is 0 Å². The molecule has 0 aliphatic heterocycles. The van der Waals surface area contributed by atoms with E-state index in [2.05, 4.69) is 10.1 Å². The third kappa shape index (κ3) is 2.27. The zero-order valence-electron chi connectivity index (χ0n) is 11.2. The van der Waals surface area contributed by atoms with Crippen LogP contribution in [0.15, 0.2) is 63.8 Å². The van der Waals surface area contributed by atoms with E-state index in [4.69, 9.17) is 9.15 Å². The lowest BCUT2D eigenvalue weighted by Crippen LogP contribution is -2.12. The number of benzene rings is 2. The summed E-state index contributed by atoms with van der Waals surface area (Å²) in [7, 11) is 0. The molecule has 4 rings (SSSR count). The number of fused-ring (bicyclic) bond motifs is 1. The highest BCUT2D eigenvalue weighted by atomic mass is 32.1. The highest BCUT2D eigenvalue weighted by Gasteiger charge is 2.15. The molecule has 0 spiro atoms. The summed E-state index contributed by atoms with van der Waals surface area (Å²) in [5, 5.41) is 4.48. The number of hydrogen-bond donors (Lipinski definition) is 0. The van der Waals surface area contributed by atoms with Crippen molar-refractivity contribution in [1.29, 1.82) is 0 Å². The molecule has 0 aliphatic rings. The molecule has 0 radical (unpaired) electrons. The fraction of sp³-hybridized carbons (Fsp3) is 0. The number of aromatic nitrogens is 3. The Hall–Kier alpha value is -2.93. The minimum Gasteiger partial charge on any atom is -0.410 e. The van der Waals surface area contributed by atoms with Gasteiger partial charge in [-0.05, 0) is 24.3 Å². The number of thiazole rings is 1. The molecule has 0 unspecified atom stereocenters. The smallest absolute Gasteiger partial charge is 0.410 e. The van der Waals surface area contributed by atoms with Crippen LogP contribution in [0, 0.1) is 0 Å². The minimum absolute atomic E-state index is 0.115. The van der Waals surface area contributed by atoms with Gasteiger partial charge in [0.25, 0.3) is 0 Å². The summed E-state index contributed by atoms with van der Waals surface area (Å²) in [6.45, 7) is 0. The van der Waals surface area contributed by atoms with Gasteiger partial charge in [0.05, 0.1) is 10.2 Å². The molecule has 7 heteroatoms. The first-order chi connectivity index (χ1) is 10.8. The zero-order valence-corrected chi connectivity index (χ0v) is 12.0. The van der Waals surface area contributed by atoms with Crippen LogP contribution >= 0.6 is 11.3 Å². The van der Waals surface area contributed by atoms with E-state index in [9.17, 15) is 4.79 Å². The van der Waals surface area contributed by atoms with Crippen LogP contribution in [-0.2, 0) is 0 Å². The van der Waals surface area contributed by atoms with Crippen molar-refractivity contribution in [3.05, 3.63) is 65.1 Å². The standard InChI is InChI=1S/C15H9N3O3S/c19-15-18(13-16-11-8-4-5-9-12(11)22-13)17-14(21-15)20-10-6-2-1-3-7-10/h1-9H. The second-order valence-electron chi connectivity index (χ2n) is 4.42. The minimum atomic E-state index is -0.634. The van der Waals surface area contributed by atoms with Gasteiger partial charge in [0.2, 0.25) is 5.13 Å². The van der Waals surface area contributed by atoms with Crippen LogP contribution in [0.5, 0.6) is 11.8 Å². The molecule has 4 aromatic rings. The van der Waals surface area contributed by atoms with Crippen molar-refractivity contribution in [2.75, 3.05) is 0 Å². The van der Waals surface area contributed by atoms with Crippen LogP contribution in [0.3, 0.4) is 0 Å². The SMILES string of the molecule is O=c1oc(Oc2ccccc2)nn1-c1nc2ccccc2s1. The summed E-state index contributed by atoms with van der Waals surface area (Å²) in [6.07, 6.45) is -0.115. The van der Waals surface area contributed by atoms with E-state index in [0.29, 0.717) is 10.9 Å². The van der Waals surface area contributed by atoms with Crippen molar-refractivity contribution in [1.82, 2.24) is 14.8 Å². The van der Waals surface area contributed by atoms with Crippen LogP contribution in [0.25, 0.3) is 15.3 Å².